The van der Waals surface area contributed by atoms with E-state index in [2.05, 4.69) is 5.32 Å². The first-order chi connectivity index (χ1) is 7.54. The monoisotopic (exact) mass is 225 g/mol. The molecule has 2 N–H and O–H groups in total. The van der Waals surface area contributed by atoms with Crippen LogP contribution in [-0.4, -0.2) is 23.7 Å². The SMILES string of the molecule is CC(C)C(CO)NC(=O)c1ccc(F)cc1. The molecule has 0 aliphatic heterocycles. The van der Waals surface area contributed by atoms with Gasteiger partial charge in [-0.15, -0.1) is 0 Å². The molecule has 0 saturated heterocycles. The lowest BCUT2D eigenvalue weighted by molar-refractivity contribution is 0.0897. The predicted molar refractivity (Wildman–Crippen MR) is 59.6 cm³/mol. The molecule has 1 aromatic carbocycles. The second-order valence-corrected chi connectivity index (χ2v) is 4.01. The fourth-order valence-corrected chi connectivity index (χ4v) is 1.28. The Morgan fingerprint density at radius 3 is 2.38 bits per heavy atom. The molecule has 1 atom stereocenters. The summed E-state index contributed by atoms with van der Waals surface area (Å²) in [6.07, 6.45) is 0. The molecule has 0 bridgehead atoms. The molecule has 1 unspecified atom stereocenters. The summed E-state index contributed by atoms with van der Waals surface area (Å²) in [7, 11) is 0. The van der Waals surface area contributed by atoms with Gasteiger partial charge in [0.25, 0.3) is 5.91 Å². The highest BCUT2D eigenvalue weighted by atomic mass is 19.1. The van der Waals surface area contributed by atoms with E-state index < -0.39 is 0 Å². The lowest BCUT2D eigenvalue weighted by Crippen LogP contribution is -2.41. The Labute approximate surface area is 94.3 Å². The van der Waals surface area contributed by atoms with Gasteiger partial charge < -0.3 is 10.4 Å². The van der Waals surface area contributed by atoms with E-state index in [0.29, 0.717) is 5.56 Å². The molecule has 0 fully saturated rings. The number of rotatable bonds is 4. The minimum absolute atomic E-state index is 0.107. The van der Waals surface area contributed by atoms with Crippen molar-refractivity contribution in [3.63, 3.8) is 0 Å². The van der Waals surface area contributed by atoms with Crippen molar-refractivity contribution in [1.82, 2.24) is 5.32 Å². The van der Waals surface area contributed by atoms with Crippen LogP contribution in [0.3, 0.4) is 0 Å². The van der Waals surface area contributed by atoms with Crippen molar-refractivity contribution < 1.29 is 14.3 Å². The maximum atomic E-state index is 12.6. The van der Waals surface area contributed by atoms with Gasteiger partial charge in [0, 0.05) is 5.56 Å². The van der Waals surface area contributed by atoms with Gasteiger partial charge in [-0.25, -0.2) is 4.39 Å². The lowest BCUT2D eigenvalue weighted by Gasteiger charge is -2.19. The van der Waals surface area contributed by atoms with E-state index in [-0.39, 0.29) is 30.3 Å². The fourth-order valence-electron chi connectivity index (χ4n) is 1.28. The standard InChI is InChI=1S/C12H16FNO2/c1-8(2)11(7-15)14-12(16)9-3-5-10(13)6-4-9/h3-6,8,11,15H,7H2,1-2H3,(H,14,16). The van der Waals surface area contributed by atoms with Crippen molar-refractivity contribution in [3.8, 4) is 0 Å². The second-order valence-electron chi connectivity index (χ2n) is 4.01. The van der Waals surface area contributed by atoms with Gasteiger partial charge in [0.05, 0.1) is 12.6 Å². The summed E-state index contributed by atoms with van der Waals surface area (Å²) in [4.78, 5) is 11.7. The minimum atomic E-state index is -0.376. The average molecular weight is 225 g/mol. The van der Waals surface area contributed by atoms with Crippen LogP contribution in [0.15, 0.2) is 24.3 Å². The Balaban J connectivity index is 2.68. The topological polar surface area (TPSA) is 49.3 Å². The van der Waals surface area contributed by atoms with E-state index in [1.165, 1.54) is 24.3 Å². The van der Waals surface area contributed by atoms with Gasteiger partial charge in [0.15, 0.2) is 0 Å². The number of amides is 1. The third-order valence-corrected chi connectivity index (χ3v) is 2.42. The van der Waals surface area contributed by atoms with Crippen molar-refractivity contribution in [2.24, 2.45) is 5.92 Å². The zero-order chi connectivity index (χ0) is 12.1. The number of halogens is 1. The average Bonchev–Trinajstić information content (AvgIpc) is 2.26. The number of aliphatic hydroxyl groups is 1. The Bertz CT molecular complexity index is 349. The number of aliphatic hydroxyl groups excluding tert-OH is 1. The van der Waals surface area contributed by atoms with Crippen LogP contribution < -0.4 is 5.32 Å². The van der Waals surface area contributed by atoms with E-state index in [9.17, 15) is 9.18 Å². The Morgan fingerprint density at radius 1 is 1.38 bits per heavy atom. The largest absolute Gasteiger partial charge is 0.394 e. The van der Waals surface area contributed by atoms with E-state index in [0.717, 1.165) is 0 Å². The molecule has 16 heavy (non-hydrogen) atoms. The second kappa shape index (κ2) is 5.61. The molecule has 0 spiro atoms. The molecule has 1 aromatic rings. The number of carbonyl (C=O) groups excluding carboxylic acids is 1. The first-order valence-electron chi connectivity index (χ1n) is 5.22. The van der Waals surface area contributed by atoms with Gasteiger partial charge in [0.1, 0.15) is 5.82 Å². The van der Waals surface area contributed by atoms with Crippen LogP contribution in [0.4, 0.5) is 4.39 Å². The van der Waals surface area contributed by atoms with Crippen LogP contribution >= 0.6 is 0 Å². The number of nitrogens with one attached hydrogen (secondary N) is 1. The molecule has 4 heteroatoms. The molecular weight excluding hydrogens is 209 g/mol. The fraction of sp³-hybridized carbons (Fsp3) is 0.417. The van der Waals surface area contributed by atoms with Gasteiger partial charge in [-0.2, -0.15) is 0 Å². The molecule has 0 aliphatic rings. The number of hydrogen-bond acceptors (Lipinski definition) is 2. The number of carbonyl (C=O) groups is 1. The summed E-state index contributed by atoms with van der Waals surface area (Å²) >= 11 is 0. The van der Waals surface area contributed by atoms with Gasteiger partial charge in [-0.05, 0) is 30.2 Å². The van der Waals surface area contributed by atoms with Gasteiger partial charge >= 0.3 is 0 Å². The molecule has 0 heterocycles. The summed E-state index contributed by atoms with van der Waals surface area (Å²) < 4.78 is 12.6. The summed E-state index contributed by atoms with van der Waals surface area (Å²) in [6, 6.07) is 5.02. The minimum Gasteiger partial charge on any atom is -0.394 e. The van der Waals surface area contributed by atoms with E-state index in [4.69, 9.17) is 5.11 Å². The molecular formula is C12H16FNO2. The zero-order valence-electron chi connectivity index (χ0n) is 9.40. The molecule has 0 aromatic heterocycles. The van der Waals surface area contributed by atoms with E-state index in [1.54, 1.807) is 0 Å². The zero-order valence-corrected chi connectivity index (χ0v) is 9.40. The van der Waals surface area contributed by atoms with E-state index >= 15 is 0 Å². The number of hydrogen-bond donors (Lipinski definition) is 2. The Hall–Kier alpha value is -1.42. The maximum Gasteiger partial charge on any atom is 0.251 e. The van der Waals surface area contributed by atoms with Crippen LogP contribution in [0.25, 0.3) is 0 Å². The van der Waals surface area contributed by atoms with Gasteiger partial charge in [0.2, 0.25) is 0 Å². The molecule has 88 valence electrons. The molecule has 1 rings (SSSR count). The Morgan fingerprint density at radius 2 is 1.94 bits per heavy atom. The Kier molecular flexibility index (Phi) is 4.43. The molecule has 0 saturated carbocycles. The first kappa shape index (κ1) is 12.6. The van der Waals surface area contributed by atoms with Crippen molar-refractivity contribution in [3.05, 3.63) is 35.6 Å². The predicted octanol–water partition coefficient (Wildman–Crippen LogP) is 1.57. The van der Waals surface area contributed by atoms with Crippen molar-refractivity contribution in [1.29, 1.82) is 0 Å². The van der Waals surface area contributed by atoms with Crippen LogP contribution in [0, 0.1) is 11.7 Å². The lowest BCUT2D eigenvalue weighted by atomic mass is 10.0. The van der Waals surface area contributed by atoms with Crippen LogP contribution in [-0.2, 0) is 0 Å². The molecule has 0 radical (unpaired) electrons. The smallest absolute Gasteiger partial charge is 0.251 e. The highest BCUT2D eigenvalue weighted by Gasteiger charge is 2.15. The van der Waals surface area contributed by atoms with Gasteiger partial charge in [-0.3, -0.25) is 4.79 Å². The van der Waals surface area contributed by atoms with Crippen molar-refractivity contribution in [2.45, 2.75) is 19.9 Å². The van der Waals surface area contributed by atoms with Crippen LogP contribution in [0.2, 0.25) is 0 Å². The third kappa shape index (κ3) is 3.31. The highest BCUT2D eigenvalue weighted by Crippen LogP contribution is 2.05. The number of benzene rings is 1. The van der Waals surface area contributed by atoms with Crippen LogP contribution in [0.5, 0.6) is 0 Å². The first-order valence-corrected chi connectivity index (χ1v) is 5.22. The molecule has 1 amide bonds. The summed E-state index contributed by atoms with van der Waals surface area (Å²) in [6.45, 7) is 3.71. The third-order valence-electron chi connectivity index (χ3n) is 2.42. The normalized spacial score (nSPS) is 12.6. The highest BCUT2D eigenvalue weighted by molar-refractivity contribution is 5.94. The molecule has 0 aliphatic carbocycles. The van der Waals surface area contributed by atoms with Crippen LogP contribution in [0.1, 0.15) is 24.2 Å². The van der Waals surface area contributed by atoms with Crippen molar-refractivity contribution in [2.75, 3.05) is 6.61 Å². The van der Waals surface area contributed by atoms with E-state index in [1.807, 2.05) is 13.8 Å². The summed E-state index contributed by atoms with van der Waals surface area (Å²) in [5, 5.41) is 11.8. The quantitative estimate of drug-likeness (QED) is 0.817. The molecule has 3 nitrogen and oxygen atoms in total. The van der Waals surface area contributed by atoms with Gasteiger partial charge in [-0.1, -0.05) is 13.8 Å². The summed E-state index contributed by atoms with van der Waals surface area (Å²) in [5.74, 6) is -0.527. The maximum absolute atomic E-state index is 12.6. The summed E-state index contributed by atoms with van der Waals surface area (Å²) in [5.41, 5.74) is 0.389. The van der Waals surface area contributed by atoms with Crippen molar-refractivity contribution >= 4 is 5.91 Å².